The van der Waals surface area contributed by atoms with Gasteiger partial charge in [0.25, 0.3) is 5.91 Å². The van der Waals surface area contributed by atoms with Gasteiger partial charge in [0, 0.05) is 12.1 Å². The van der Waals surface area contributed by atoms with E-state index in [1.807, 2.05) is 24.3 Å². The van der Waals surface area contributed by atoms with E-state index in [-0.39, 0.29) is 5.91 Å². The summed E-state index contributed by atoms with van der Waals surface area (Å²) in [6.45, 7) is 0.605. The van der Waals surface area contributed by atoms with Crippen LogP contribution in [0.25, 0.3) is 21.8 Å². The summed E-state index contributed by atoms with van der Waals surface area (Å²) in [5, 5.41) is 5.47. The molecule has 1 heterocycles. The van der Waals surface area contributed by atoms with Gasteiger partial charge in [-0.3, -0.25) is 4.79 Å². The van der Waals surface area contributed by atoms with Crippen molar-refractivity contribution in [3.8, 4) is 0 Å². The SMILES string of the molecule is O=C(NCCc1cccc2ccccc12)c1ccc2nc[nH]c2c1. The van der Waals surface area contributed by atoms with Crippen LogP contribution in [0.15, 0.2) is 67.0 Å². The zero-order valence-electron chi connectivity index (χ0n) is 13.1. The summed E-state index contributed by atoms with van der Waals surface area (Å²) in [5.74, 6) is -0.0632. The Morgan fingerprint density at radius 2 is 1.92 bits per heavy atom. The maximum atomic E-state index is 12.3. The summed E-state index contributed by atoms with van der Waals surface area (Å²) in [5.41, 5.74) is 3.63. The summed E-state index contributed by atoms with van der Waals surface area (Å²) in [7, 11) is 0. The largest absolute Gasteiger partial charge is 0.352 e. The predicted octanol–water partition coefficient (Wildman–Crippen LogP) is 3.69. The fraction of sp³-hybridized carbons (Fsp3) is 0.100. The number of nitrogens with one attached hydrogen (secondary N) is 2. The Hall–Kier alpha value is -3.14. The molecule has 0 aliphatic rings. The highest BCUT2D eigenvalue weighted by Gasteiger charge is 2.07. The Bertz CT molecular complexity index is 1010. The minimum absolute atomic E-state index is 0.0632. The summed E-state index contributed by atoms with van der Waals surface area (Å²) in [6, 6.07) is 20.1. The highest BCUT2D eigenvalue weighted by atomic mass is 16.1. The number of rotatable bonds is 4. The lowest BCUT2D eigenvalue weighted by atomic mass is 10.0. The molecule has 4 nitrogen and oxygen atoms in total. The Balaban J connectivity index is 1.45. The molecule has 3 aromatic carbocycles. The first-order valence-corrected chi connectivity index (χ1v) is 7.99. The highest BCUT2D eigenvalue weighted by Crippen LogP contribution is 2.18. The van der Waals surface area contributed by atoms with Gasteiger partial charge in [0.1, 0.15) is 0 Å². The molecule has 0 fully saturated rings. The Labute approximate surface area is 139 Å². The number of hydrogen-bond donors (Lipinski definition) is 2. The summed E-state index contributed by atoms with van der Waals surface area (Å²) in [4.78, 5) is 19.5. The van der Waals surface area contributed by atoms with Gasteiger partial charge >= 0.3 is 0 Å². The van der Waals surface area contributed by atoms with Crippen LogP contribution in [0, 0.1) is 0 Å². The lowest BCUT2D eigenvalue weighted by Gasteiger charge is -2.08. The molecule has 0 spiro atoms. The average molecular weight is 315 g/mol. The molecule has 4 aromatic rings. The third kappa shape index (κ3) is 2.74. The van der Waals surface area contributed by atoms with Crippen molar-refractivity contribution in [1.29, 1.82) is 0 Å². The van der Waals surface area contributed by atoms with Gasteiger partial charge in [0.2, 0.25) is 0 Å². The first-order chi connectivity index (χ1) is 11.8. The van der Waals surface area contributed by atoms with Gasteiger partial charge in [-0.2, -0.15) is 0 Å². The molecular weight excluding hydrogens is 298 g/mol. The van der Waals surface area contributed by atoms with Crippen molar-refractivity contribution >= 4 is 27.7 Å². The second-order valence-electron chi connectivity index (χ2n) is 5.78. The van der Waals surface area contributed by atoms with Crippen LogP contribution < -0.4 is 5.32 Å². The number of aromatic nitrogens is 2. The van der Waals surface area contributed by atoms with E-state index in [9.17, 15) is 4.79 Å². The van der Waals surface area contributed by atoms with Crippen molar-refractivity contribution in [2.75, 3.05) is 6.54 Å². The van der Waals surface area contributed by atoms with Crippen LogP contribution >= 0.6 is 0 Å². The summed E-state index contributed by atoms with van der Waals surface area (Å²) in [6.07, 6.45) is 2.44. The minimum Gasteiger partial charge on any atom is -0.352 e. The smallest absolute Gasteiger partial charge is 0.251 e. The predicted molar refractivity (Wildman–Crippen MR) is 96.1 cm³/mol. The highest BCUT2D eigenvalue weighted by molar-refractivity contribution is 5.97. The van der Waals surface area contributed by atoms with Gasteiger partial charge in [-0.05, 0) is 41.0 Å². The molecule has 24 heavy (non-hydrogen) atoms. The zero-order valence-corrected chi connectivity index (χ0v) is 13.1. The number of carbonyl (C=O) groups excluding carboxylic acids is 1. The molecule has 0 saturated carbocycles. The van der Waals surface area contributed by atoms with Gasteiger partial charge in [0.15, 0.2) is 0 Å². The van der Waals surface area contributed by atoms with Gasteiger partial charge < -0.3 is 10.3 Å². The molecule has 1 aromatic heterocycles. The molecule has 0 aliphatic heterocycles. The number of imidazole rings is 1. The van der Waals surface area contributed by atoms with E-state index >= 15 is 0 Å². The molecule has 118 valence electrons. The molecule has 1 amide bonds. The summed E-state index contributed by atoms with van der Waals surface area (Å²) < 4.78 is 0. The van der Waals surface area contributed by atoms with E-state index < -0.39 is 0 Å². The fourth-order valence-electron chi connectivity index (χ4n) is 3.00. The second kappa shape index (κ2) is 6.16. The first kappa shape index (κ1) is 14.5. The van der Waals surface area contributed by atoms with E-state index in [1.54, 1.807) is 12.4 Å². The first-order valence-electron chi connectivity index (χ1n) is 7.99. The van der Waals surface area contributed by atoms with Crippen molar-refractivity contribution < 1.29 is 4.79 Å². The van der Waals surface area contributed by atoms with Crippen molar-refractivity contribution in [3.63, 3.8) is 0 Å². The van der Waals surface area contributed by atoms with E-state index in [2.05, 4.69) is 45.6 Å². The topological polar surface area (TPSA) is 57.8 Å². The molecule has 0 atom stereocenters. The van der Waals surface area contributed by atoms with E-state index in [1.165, 1.54) is 16.3 Å². The van der Waals surface area contributed by atoms with E-state index in [0.717, 1.165) is 17.5 Å². The number of nitrogens with zero attached hydrogens (tertiary/aromatic N) is 1. The monoisotopic (exact) mass is 315 g/mol. The van der Waals surface area contributed by atoms with Crippen molar-refractivity contribution in [2.24, 2.45) is 0 Å². The van der Waals surface area contributed by atoms with Crippen molar-refractivity contribution in [2.45, 2.75) is 6.42 Å². The minimum atomic E-state index is -0.0632. The Morgan fingerprint density at radius 3 is 2.88 bits per heavy atom. The molecule has 0 bridgehead atoms. The van der Waals surface area contributed by atoms with Crippen LogP contribution in [0.2, 0.25) is 0 Å². The lowest BCUT2D eigenvalue weighted by Crippen LogP contribution is -2.25. The molecule has 0 saturated heterocycles. The van der Waals surface area contributed by atoms with Crippen LogP contribution in [0.5, 0.6) is 0 Å². The van der Waals surface area contributed by atoms with Crippen LogP contribution in [0.4, 0.5) is 0 Å². The van der Waals surface area contributed by atoms with Crippen molar-refractivity contribution in [3.05, 3.63) is 78.1 Å². The molecule has 2 N–H and O–H groups in total. The van der Waals surface area contributed by atoms with Crippen LogP contribution in [-0.2, 0) is 6.42 Å². The second-order valence-corrected chi connectivity index (χ2v) is 5.78. The van der Waals surface area contributed by atoms with E-state index in [4.69, 9.17) is 0 Å². The molecule has 4 heteroatoms. The number of benzene rings is 3. The maximum absolute atomic E-state index is 12.3. The normalized spacial score (nSPS) is 11.0. The summed E-state index contributed by atoms with van der Waals surface area (Å²) >= 11 is 0. The van der Waals surface area contributed by atoms with Crippen LogP contribution in [-0.4, -0.2) is 22.4 Å². The third-order valence-corrected chi connectivity index (χ3v) is 4.24. The van der Waals surface area contributed by atoms with Crippen LogP contribution in [0.1, 0.15) is 15.9 Å². The Morgan fingerprint density at radius 1 is 1.04 bits per heavy atom. The molecular formula is C20H17N3O. The Kier molecular flexibility index (Phi) is 3.71. The molecule has 0 aliphatic carbocycles. The number of H-pyrrole nitrogens is 1. The molecule has 0 unspecified atom stereocenters. The number of hydrogen-bond acceptors (Lipinski definition) is 2. The lowest BCUT2D eigenvalue weighted by molar-refractivity contribution is 0.0954. The zero-order chi connectivity index (χ0) is 16.4. The molecule has 0 radical (unpaired) electrons. The average Bonchev–Trinajstić information content (AvgIpc) is 3.09. The number of fused-ring (bicyclic) bond motifs is 2. The molecule has 4 rings (SSSR count). The van der Waals surface area contributed by atoms with Gasteiger partial charge in [-0.1, -0.05) is 42.5 Å². The number of aromatic amines is 1. The number of carbonyl (C=O) groups is 1. The van der Waals surface area contributed by atoms with Gasteiger partial charge in [0.05, 0.1) is 17.4 Å². The maximum Gasteiger partial charge on any atom is 0.251 e. The fourth-order valence-corrected chi connectivity index (χ4v) is 3.00. The van der Waals surface area contributed by atoms with Crippen LogP contribution in [0.3, 0.4) is 0 Å². The third-order valence-electron chi connectivity index (χ3n) is 4.24. The van der Waals surface area contributed by atoms with Gasteiger partial charge in [-0.15, -0.1) is 0 Å². The van der Waals surface area contributed by atoms with Gasteiger partial charge in [-0.25, -0.2) is 4.98 Å². The van der Waals surface area contributed by atoms with Crippen molar-refractivity contribution in [1.82, 2.24) is 15.3 Å². The van der Waals surface area contributed by atoms with E-state index in [0.29, 0.717) is 12.1 Å². The quantitative estimate of drug-likeness (QED) is 0.603. The standard InChI is InChI=1S/C20H17N3O/c24-20(16-8-9-18-19(12-16)23-13-22-18)21-11-10-15-6-3-5-14-4-1-2-7-17(14)15/h1-9,12-13H,10-11H2,(H,21,24)(H,22,23). The number of amides is 1.